The monoisotopic (exact) mass is 298 g/mol. The molecule has 0 saturated heterocycles. The van der Waals surface area contributed by atoms with Crippen molar-refractivity contribution in [2.45, 2.75) is 0 Å². The molecule has 0 aliphatic rings. The quantitative estimate of drug-likeness (QED) is 0.438. The van der Waals surface area contributed by atoms with E-state index in [9.17, 15) is 10.1 Å². The van der Waals surface area contributed by atoms with E-state index < -0.39 is 4.92 Å². The summed E-state index contributed by atoms with van der Waals surface area (Å²) in [7, 11) is 0. The number of para-hydroxylation sites is 1. The zero-order valence-corrected chi connectivity index (χ0v) is 11.2. The molecule has 1 aromatic carbocycles. The van der Waals surface area contributed by atoms with Crippen LogP contribution in [0.4, 0.5) is 5.69 Å². The topological polar surface area (TPSA) is 111 Å². The summed E-state index contributed by atoms with van der Waals surface area (Å²) in [5, 5.41) is 18.7. The highest BCUT2D eigenvalue weighted by molar-refractivity contribution is 5.78. The van der Waals surface area contributed by atoms with Crippen LogP contribution in [0.25, 0.3) is 11.3 Å². The molecule has 0 aliphatic carbocycles. The predicted molar refractivity (Wildman–Crippen MR) is 77.8 cm³/mol. The van der Waals surface area contributed by atoms with Crippen LogP contribution in [0.2, 0.25) is 0 Å². The third-order valence-corrected chi connectivity index (χ3v) is 2.76. The van der Waals surface area contributed by atoms with Crippen LogP contribution in [0, 0.1) is 10.1 Å². The minimum atomic E-state index is -0.447. The van der Waals surface area contributed by atoms with Crippen LogP contribution >= 0.6 is 0 Å². The lowest BCUT2D eigenvalue weighted by Crippen LogP contribution is -2.08. The number of hydrogen-bond donors (Lipinski definition) is 1. The van der Waals surface area contributed by atoms with Crippen LogP contribution in [0.5, 0.6) is 0 Å². The van der Waals surface area contributed by atoms with E-state index in [0.29, 0.717) is 17.1 Å². The summed E-state index contributed by atoms with van der Waals surface area (Å²) in [5.41, 5.74) is 3.00. The van der Waals surface area contributed by atoms with Crippen molar-refractivity contribution in [1.82, 2.24) is 14.9 Å². The molecule has 0 bridgehead atoms. The molecule has 3 aromatic rings. The van der Waals surface area contributed by atoms with Gasteiger partial charge in [0.25, 0.3) is 5.69 Å². The number of nitrogens with one attached hydrogen (secondary N) is 1. The fourth-order valence-electron chi connectivity index (χ4n) is 1.82. The molecular formula is C13H10N6O3. The smallest absolute Gasteiger partial charge is 0.280 e. The van der Waals surface area contributed by atoms with Crippen molar-refractivity contribution >= 4 is 11.9 Å². The van der Waals surface area contributed by atoms with E-state index in [-0.39, 0.29) is 5.69 Å². The highest BCUT2D eigenvalue weighted by Gasteiger charge is 2.16. The lowest BCUT2D eigenvalue weighted by molar-refractivity contribution is -0.384. The second kappa shape index (κ2) is 5.87. The minimum Gasteiger partial charge on any atom is -0.455 e. The first-order valence-electron chi connectivity index (χ1n) is 6.21. The second-order valence-corrected chi connectivity index (χ2v) is 4.17. The van der Waals surface area contributed by atoms with Crippen molar-refractivity contribution in [3.05, 3.63) is 64.9 Å². The number of hydrazone groups is 1. The van der Waals surface area contributed by atoms with Gasteiger partial charge in [-0.1, -0.05) is 12.1 Å². The number of aromatic nitrogens is 3. The Morgan fingerprint density at radius 3 is 2.95 bits per heavy atom. The van der Waals surface area contributed by atoms with Gasteiger partial charge in [0.05, 0.1) is 16.7 Å². The third kappa shape index (κ3) is 2.82. The Balaban J connectivity index is 1.79. The summed E-state index contributed by atoms with van der Waals surface area (Å²) in [6, 6.07) is 9.70. The number of furan rings is 1. The van der Waals surface area contributed by atoms with E-state index in [2.05, 4.69) is 20.7 Å². The van der Waals surface area contributed by atoms with E-state index in [1.807, 2.05) is 0 Å². The number of hydrogen-bond acceptors (Lipinski definition) is 7. The van der Waals surface area contributed by atoms with Crippen molar-refractivity contribution in [1.29, 1.82) is 0 Å². The summed E-state index contributed by atoms with van der Waals surface area (Å²) in [5.74, 6) is 0.843. The fourth-order valence-corrected chi connectivity index (χ4v) is 1.82. The van der Waals surface area contributed by atoms with Crippen LogP contribution in [0.1, 0.15) is 5.76 Å². The lowest BCUT2D eigenvalue weighted by atomic mass is 10.1. The maximum absolute atomic E-state index is 11.0. The maximum atomic E-state index is 11.0. The Morgan fingerprint density at radius 2 is 2.18 bits per heavy atom. The number of nitro groups is 1. The normalized spacial score (nSPS) is 10.9. The second-order valence-electron chi connectivity index (χ2n) is 4.17. The van der Waals surface area contributed by atoms with Crippen molar-refractivity contribution < 1.29 is 9.34 Å². The fraction of sp³-hybridized carbons (Fsp3) is 0. The van der Waals surface area contributed by atoms with Crippen molar-refractivity contribution in [3.8, 4) is 11.3 Å². The van der Waals surface area contributed by atoms with Gasteiger partial charge in [-0.25, -0.2) is 4.98 Å². The van der Waals surface area contributed by atoms with E-state index in [4.69, 9.17) is 4.42 Å². The summed E-state index contributed by atoms with van der Waals surface area (Å²) < 4.78 is 5.54. The van der Waals surface area contributed by atoms with E-state index in [1.165, 1.54) is 29.7 Å². The molecule has 0 atom stereocenters. The highest BCUT2D eigenvalue weighted by Crippen LogP contribution is 2.30. The molecule has 0 unspecified atom stereocenters. The predicted octanol–water partition coefficient (Wildman–Crippen LogP) is 2.02. The maximum Gasteiger partial charge on any atom is 0.280 e. The number of rotatable bonds is 5. The molecule has 2 aromatic heterocycles. The summed E-state index contributed by atoms with van der Waals surface area (Å²) in [6.07, 6.45) is 4.24. The Hall–Kier alpha value is -3.49. The largest absolute Gasteiger partial charge is 0.455 e. The molecule has 110 valence electrons. The van der Waals surface area contributed by atoms with Gasteiger partial charge >= 0.3 is 0 Å². The van der Waals surface area contributed by atoms with Gasteiger partial charge in [0.1, 0.15) is 24.2 Å². The first kappa shape index (κ1) is 13.5. The molecule has 1 N–H and O–H groups in total. The van der Waals surface area contributed by atoms with Gasteiger partial charge in [-0.3, -0.25) is 10.1 Å². The number of nitrogens with zero attached hydrogens (tertiary/aromatic N) is 5. The minimum absolute atomic E-state index is 0.0129. The molecule has 9 heteroatoms. The van der Waals surface area contributed by atoms with E-state index in [1.54, 1.807) is 30.3 Å². The van der Waals surface area contributed by atoms with Crippen LogP contribution in [-0.4, -0.2) is 26.0 Å². The van der Waals surface area contributed by atoms with E-state index in [0.717, 1.165) is 0 Å². The standard InChI is InChI=1S/C13H10N6O3/c20-19(21)12-4-2-1-3-11(12)13-6-5-10(22-13)7-15-17-18-9-14-8-16-18/h1-9,17H/b15-7-. The van der Waals surface area contributed by atoms with Crippen molar-refractivity contribution in [2.24, 2.45) is 5.10 Å². The Kier molecular flexibility index (Phi) is 3.60. The van der Waals surface area contributed by atoms with Gasteiger partial charge in [-0.2, -0.15) is 10.6 Å². The lowest BCUT2D eigenvalue weighted by Gasteiger charge is -1.98. The molecule has 2 heterocycles. The van der Waals surface area contributed by atoms with Crippen LogP contribution in [0.15, 0.2) is 58.6 Å². The molecule has 0 aliphatic heterocycles. The average Bonchev–Trinajstić information content (AvgIpc) is 3.19. The SMILES string of the molecule is O=[N+]([O-])c1ccccc1-c1ccc(/C=N\Nn2cncn2)o1. The highest BCUT2D eigenvalue weighted by atomic mass is 16.6. The van der Waals surface area contributed by atoms with Gasteiger partial charge in [0.2, 0.25) is 0 Å². The van der Waals surface area contributed by atoms with Crippen molar-refractivity contribution in [3.63, 3.8) is 0 Å². The van der Waals surface area contributed by atoms with Crippen LogP contribution in [0.3, 0.4) is 0 Å². The Morgan fingerprint density at radius 1 is 1.32 bits per heavy atom. The molecule has 0 saturated carbocycles. The van der Waals surface area contributed by atoms with Gasteiger partial charge in [-0.15, -0.1) is 9.89 Å². The molecule has 0 spiro atoms. The summed E-state index contributed by atoms with van der Waals surface area (Å²) in [4.78, 5) is 15.6. The number of benzene rings is 1. The van der Waals surface area contributed by atoms with Crippen LogP contribution < -0.4 is 5.53 Å². The molecule has 0 radical (unpaired) electrons. The van der Waals surface area contributed by atoms with Gasteiger partial charge in [-0.05, 0) is 18.2 Å². The summed E-state index contributed by atoms with van der Waals surface area (Å²) in [6.45, 7) is 0. The molecule has 0 amide bonds. The zero-order chi connectivity index (χ0) is 15.4. The number of nitro benzene ring substituents is 1. The van der Waals surface area contributed by atoms with Crippen molar-refractivity contribution in [2.75, 3.05) is 5.53 Å². The first-order chi connectivity index (χ1) is 10.7. The molecule has 3 rings (SSSR count). The zero-order valence-electron chi connectivity index (χ0n) is 11.2. The van der Waals surface area contributed by atoms with Crippen LogP contribution in [-0.2, 0) is 0 Å². The average molecular weight is 298 g/mol. The van der Waals surface area contributed by atoms with Gasteiger partial charge < -0.3 is 4.42 Å². The molecule has 9 nitrogen and oxygen atoms in total. The Bertz CT molecular complexity index is 809. The molecular weight excluding hydrogens is 288 g/mol. The molecule has 0 fully saturated rings. The van der Waals surface area contributed by atoms with Gasteiger partial charge in [0, 0.05) is 6.07 Å². The first-order valence-corrected chi connectivity index (χ1v) is 6.21. The Labute approximate surface area is 124 Å². The third-order valence-electron chi connectivity index (χ3n) is 2.76. The molecule has 22 heavy (non-hydrogen) atoms. The van der Waals surface area contributed by atoms with E-state index >= 15 is 0 Å². The summed E-state index contributed by atoms with van der Waals surface area (Å²) >= 11 is 0. The van der Waals surface area contributed by atoms with Gasteiger partial charge in [0.15, 0.2) is 0 Å².